The molecule has 2 heterocycles. The predicted octanol–water partition coefficient (Wildman–Crippen LogP) is -0.00500. The first-order valence-corrected chi connectivity index (χ1v) is 4.62. The van der Waals surface area contributed by atoms with Crippen LogP contribution in [0.5, 0.6) is 0 Å². The summed E-state index contributed by atoms with van der Waals surface area (Å²) in [7, 11) is 1.71. The van der Waals surface area contributed by atoms with Crippen molar-refractivity contribution in [1.82, 2.24) is 9.97 Å². The van der Waals surface area contributed by atoms with Crippen LogP contribution in [-0.2, 0) is 4.74 Å². The molecule has 0 aromatic carbocycles. The number of hydrogen-bond acceptors (Lipinski definition) is 4. The monoisotopic (exact) mass is 195 g/mol. The van der Waals surface area contributed by atoms with Gasteiger partial charge in [0.25, 0.3) is 5.56 Å². The lowest BCUT2D eigenvalue weighted by atomic mass is 10.3. The molecule has 1 aromatic heterocycles. The Morgan fingerprint density at radius 2 is 2.57 bits per heavy atom. The first-order valence-electron chi connectivity index (χ1n) is 4.62. The van der Waals surface area contributed by atoms with Crippen LogP contribution >= 0.6 is 0 Å². The molecule has 0 aliphatic carbocycles. The number of aromatic nitrogens is 2. The molecule has 1 atom stereocenters. The lowest BCUT2D eigenvalue weighted by Gasteiger charge is -2.15. The molecule has 2 rings (SSSR count). The average molecular weight is 195 g/mol. The number of hydrogen-bond donors (Lipinski definition) is 1. The van der Waals surface area contributed by atoms with E-state index < -0.39 is 0 Å². The summed E-state index contributed by atoms with van der Waals surface area (Å²) >= 11 is 0. The van der Waals surface area contributed by atoms with Gasteiger partial charge in [0.2, 0.25) is 0 Å². The molecule has 5 heteroatoms. The number of nitrogens with zero attached hydrogens (tertiary/aromatic N) is 2. The van der Waals surface area contributed by atoms with Crippen molar-refractivity contribution in [3.05, 3.63) is 22.7 Å². The van der Waals surface area contributed by atoms with Crippen LogP contribution in [0, 0.1) is 0 Å². The van der Waals surface area contributed by atoms with Gasteiger partial charge >= 0.3 is 0 Å². The molecule has 14 heavy (non-hydrogen) atoms. The van der Waals surface area contributed by atoms with Crippen molar-refractivity contribution in [2.24, 2.45) is 0 Å². The fourth-order valence-electron chi connectivity index (χ4n) is 1.66. The zero-order valence-electron chi connectivity index (χ0n) is 8.06. The van der Waals surface area contributed by atoms with Crippen LogP contribution in [0.3, 0.4) is 0 Å². The summed E-state index contributed by atoms with van der Waals surface area (Å²) in [6.45, 7) is 1.71. The topological polar surface area (TPSA) is 58.2 Å². The van der Waals surface area contributed by atoms with Crippen molar-refractivity contribution in [2.75, 3.05) is 25.1 Å². The minimum atomic E-state index is -0.115. The Labute approximate surface area is 81.7 Å². The highest BCUT2D eigenvalue weighted by Gasteiger charge is 2.22. The fraction of sp³-hybridized carbons (Fsp3) is 0.556. The summed E-state index contributed by atoms with van der Waals surface area (Å²) in [4.78, 5) is 19.7. The van der Waals surface area contributed by atoms with Crippen molar-refractivity contribution in [1.29, 1.82) is 0 Å². The van der Waals surface area contributed by atoms with E-state index in [1.54, 1.807) is 7.11 Å². The first kappa shape index (κ1) is 9.21. The van der Waals surface area contributed by atoms with Gasteiger partial charge in [-0.2, -0.15) is 0 Å². The molecule has 76 valence electrons. The van der Waals surface area contributed by atoms with Gasteiger partial charge in [0.1, 0.15) is 5.82 Å². The average Bonchev–Trinajstić information content (AvgIpc) is 2.66. The van der Waals surface area contributed by atoms with Crippen molar-refractivity contribution < 1.29 is 4.74 Å². The molecule has 1 N–H and O–H groups in total. The Hall–Kier alpha value is -1.36. The van der Waals surface area contributed by atoms with E-state index in [0.29, 0.717) is 0 Å². The van der Waals surface area contributed by atoms with Crippen molar-refractivity contribution in [3.63, 3.8) is 0 Å². The second kappa shape index (κ2) is 3.79. The van der Waals surface area contributed by atoms with E-state index in [1.807, 2.05) is 0 Å². The SMILES string of the molecule is COC1CCN(c2cc(=O)[nH]cn2)C1. The smallest absolute Gasteiger partial charge is 0.252 e. The summed E-state index contributed by atoms with van der Waals surface area (Å²) < 4.78 is 5.24. The van der Waals surface area contributed by atoms with E-state index in [-0.39, 0.29) is 11.7 Å². The molecule has 1 saturated heterocycles. The van der Waals surface area contributed by atoms with Crippen molar-refractivity contribution in [3.8, 4) is 0 Å². The van der Waals surface area contributed by atoms with E-state index in [0.717, 1.165) is 25.3 Å². The maximum absolute atomic E-state index is 11.0. The molecule has 1 aliphatic rings. The molecule has 0 radical (unpaired) electrons. The summed E-state index contributed by atoms with van der Waals surface area (Å²) in [5.74, 6) is 0.730. The van der Waals surface area contributed by atoms with Gasteiger partial charge in [-0.05, 0) is 6.42 Å². The molecular formula is C9H13N3O2. The van der Waals surface area contributed by atoms with Crippen molar-refractivity contribution >= 4 is 5.82 Å². The number of rotatable bonds is 2. The maximum atomic E-state index is 11.0. The molecule has 0 bridgehead atoms. The van der Waals surface area contributed by atoms with E-state index in [2.05, 4.69) is 14.9 Å². The Morgan fingerprint density at radius 1 is 1.71 bits per heavy atom. The van der Waals surface area contributed by atoms with E-state index in [9.17, 15) is 4.79 Å². The van der Waals surface area contributed by atoms with Crippen LogP contribution in [0.4, 0.5) is 5.82 Å². The number of aromatic amines is 1. The number of anilines is 1. The summed E-state index contributed by atoms with van der Waals surface area (Å²) in [5, 5.41) is 0. The molecule has 0 amide bonds. The minimum Gasteiger partial charge on any atom is -0.380 e. The molecule has 1 aliphatic heterocycles. The molecule has 5 nitrogen and oxygen atoms in total. The predicted molar refractivity (Wildman–Crippen MR) is 52.5 cm³/mol. The van der Waals surface area contributed by atoms with Crippen LogP contribution in [0.25, 0.3) is 0 Å². The highest BCUT2D eigenvalue weighted by atomic mass is 16.5. The van der Waals surface area contributed by atoms with Crippen LogP contribution < -0.4 is 10.5 Å². The van der Waals surface area contributed by atoms with Crippen molar-refractivity contribution in [2.45, 2.75) is 12.5 Å². The Balaban J connectivity index is 2.13. The van der Waals surface area contributed by atoms with Gasteiger partial charge in [-0.15, -0.1) is 0 Å². The van der Waals surface area contributed by atoms with Gasteiger partial charge in [-0.3, -0.25) is 4.79 Å². The van der Waals surface area contributed by atoms with E-state index >= 15 is 0 Å². The third kappa shape index (κ3) is 1.77. The standard InChI is InChI=1S/C9H13N3O2/c1-14-7-2-3-12(5-7)8-4-9(13)11-6-10-8/h4,6-7H,2-3,5H2,1H3,(H,10,11,13). The Bertz CT molecular complexity index is 363. The lowest BCUT2D eigenvalue weighted by molar-refractivity contribution is 0.121. The summed E-state index contributed by atoms with van der Waals surface area (Å²) in [6, 6.07) is 1.51. The first-order chi connectivity index (χ1) is 6.79. The fourth-order valence-corrected chi connectivity index (χ4v) is 1.66. The summed E-state index contributed by atoms with van der Waals surface area (Å²) in [5.41, 5.74) is -0.115. The number of nitrogens with one attached hydrogen (secondary N) is 1. The van der Waals surface area contributed by atoms with E-state index in [4.69, 9.17) is 4.74 Å². The quantitative estimate of drug-likeness (QED) is 0.721. The molecule has 1 fully saturated rings. The summed E-state index contributed by atoms with van der Waals surface area (Å²) in [6.07, 6.45) is 2.68. The lowest BCUT2D eigenvalue weighted by Crippen LogP contribution is -2.24. The zero-order chi connectivity index (χ0) is 9.97. The molecule has 0 spiro atoms. The van der Waals surface area contributed by atoms with Crippen LogP contribution in [0.15, 0.2) is 17.2 Å². The van der Waals surface area contributed by atoms with Crippen LogP contribution in [0.1, 0.15) is 6.42 Å². The maximum Gasteiger partial charge on any atom is 0.252 e. The molecule has 1 unspecified atom stereocenters. The highest BCUT2D eigenvalue weighted by molar-refractivity contribution is 5.37. The second-order valence-corrected chi connectivity index (χ2v) is 3.36. The Kier molecular flexibility index (Phi) is 2.49. The number of ether oxygens (including phenoxy) is 1. The van der Waals surface area contributed by atoms with Gasteiger partial charge in [0, 0.05) is 26.3 Å². The van der Waals surface area contributed by atoms with E-state index in [1.165, 1.54) is 12.4 Å². The Morgan fingerprint density at radius 3 is 3.21 bits per heavy atom. The minimum absolute atomic E-state index is 0.115. The number of methoxy groups -OCH3 is 1. The largest absolute Gasteiger partial charge is 0.380 e. The third-order valence-corrected chi connectivity index (χ3v) is 2.47. The van der Waals surface area contributed by atoms with Gasteiger partial charge in [-0.25, -0.2) is 4.98 Å². The third-order valence-electron chi connectivity index (χ3n) is 2.47. The highest BCUT2D eigenvalue weighted by Crippen LogP contribution is 2.17. The van der Waals surface area contributed by atoms with Gasteiger partial charge < -0.3 is 14.6 Å². The molecular weight excluding hydrogens is 182 g/mol. The van der Waals surface area contributed by atoms with Crippen LogP contribution in [-0.4, -0.2) is 36.3 Å². The molecule has 0 saturated carbocycles. The zero-order valence-corrected chi connectivity index (χ0v) is 8.06. The number of H-pyrrole nitrogens is 1. The van der Waals surface area contributed by atoms with Crippen LogP contribution in [0.2, 0.25) is 0 Å². The van der Waals surface area contributed by atoms with Gasteiger partial charge in [-0.1, -0.05) is 0 Å². The molecule has 1 aromatic rings. The second-order valence-electron chi connectivity index (χ2n) is 3.36. The van der Waals surface area contributed by atoms with Gasteiger partial charge in [0.05, 0.1) is 12.4 Å². The van der Waals surface area contributed by atoms with Gasteiger partial charge in [0.15, 0.2) is 0 Å². The normalized spacial score (nSPS) is 21.5.